The van der Waals surface area contributed by atoms with Gasteiger partial charge in [-0.3, -0.25) is 19.5 Å². The molecule has 0 aliphatic heterocycles. The second kappa shape index (κ2) is 4.44. The van der Waals surface area contributed by atoms with Crippen LogP contribution in [-0.4, -0.2) is 22.6 Å². The molecule has 8 heteroatoms. The van der Waals surface area contributed by atoms with Crippen molar-refractivity contribution in [2.45, 2.75) is 0 Å². The zero-order valence-corrected chi connectivity index (χ0v) is 9.98. The van der Waals surface area contributed by atoms with Crippen molar-refractivity contribution in [3.05, 3.63) is 36.7 Å². The normalized spacial score (nSPS) is 9.94. The monoisotopic (exact) mass is 290 g/mol. The summed E-state index contributed by atoms with van der Waals surface area (Å²) in [5.74, 6) is -0.932. The third-order valence-electron chi connectivity index (χ3n) is 1.93. The summed E-state index contributed by atoms with van der Waals surface area (Å²) in [6.07, 6.45) is 0. The van der Waals surface area contributed by atoms with Crippen LogP contribution in [0, 0.1) is 10.1 Å². The number of halogens is 1. The SMILES string of the molecule is COC(=O)c1c([N+](=O)[O-])cc(Br)c(=O)n1C. The minimum atomic E-state index is -0.932. The number of carbonyl (C=O) groups is 1. The highest BCUT2D eigenvalue weighted by molar-refractivity contribution is 9.10. The molecule has 0 N–H and O–H groups in total. The molecule has 0 saturated heterocycles. The number of carbonyl (C=O) groups excluding carboxylic acids is 1. The Labute approximate surface area is 97.9 Å². The summed E-state index contributed by atoms with van der Waals surface area (Å²) < 4.78 is 5.26. The molecule has 1 heterocycles. The number of hydrogen-bond acceptors (Lipinski definition) is 5. The van der Waals surface area contributed by atoms with Crippen LogP contribution in [0.1, 0.15) is 10.5 Å². The zero-order chi connectivity index (χ0) is 12.5. The fourth-order valence-electron chi connectivity index (χ4n) is 1.16. The molecule has 16 heavy (non-hydrogen) atoms. The number of pyridine rings is 1. The van der Waals surface area contributed by atoms with E-state index in [0.29, 0.717) is 0 Å². The van der Waals surface area contributed by atoms with E-state index in [-0.39, 0.29) is 10.2 Å². The Bertz CT molecular complexity index is 522. The topological polar surface area (TPSA) is 91.4 Å². The molecule has 0 saturated carbocycles. The van der Waals surface area contributed by atoms with Crippen LogP contribution >= 0.6 is 15.9 Å². The number of esters is 1. The number of hydrogen-bond donors (Lipinski definition) is 0. The van der Waals surface area contributed by atoms with E-state index in [1.807, 2.05) is 0 Å². The first-order chi connectivity index (χ1) is 7.40. The van der Waals surface area contributed by atoms with E-state index in [0.717, 1.165) is 17.7 Å². The minimum absolute atomic E-state index is 0.00866. The standard InChI is InChI=1S/C8H7BrN2O5/c1-10-6(8(13)16-2)5(11(14)15)3-4(9)7(10)12/h3H,1-2H3. The molecule has 0 unspecified atom stereocenters. The molecule has 1 aromatic rings. The first kappa shape index (κ1) is 12.4. The van der Waals surface area contributed by atoms with E-state index in [4.69, 9.17) is 0 Å². The van der Waals surface area contributed by atoms with Crippen LogP contribution in [-0.2, 0) is 11.8 Å². The summed E-state index contributed by atoms with van der Waals surface area (Å²) in [4.78, 5) is 32.8. The van der Waals surface area contributed by atoms with Crippen molar-refractivity contribution < 1.29 is 14.5 Å². The van der Waals surface area contributed by atoms with E-state index in [1.165, 1.54) is 7.05 Å². The van der Waals surface area contributed by atoms with Gasteiger partial charge in [0.1, 0.15) is 0 Å². The van der Waals surface area contributed by atoms with Gasteiger partial charge >= 0.3 is 11.7 Å². The molecular formula is C8H7BrN2O5. The average Bonchev–Trinajstić information content (AvgIpc) is 2.24. The molecule has 86 valence electrons. The Balaban J connectivity index is 3.67. The number of rotatable bonds is 2. The Hall–Kier alpha value is -1.70. The van der Waals surface area contributed by atoms with E-state index in [1.54, 1.807) is 0 Å². The maximum atomic E-state index is 11.5. The van der Waals surface area contributed by atoms with Crippen molar-refractivity contribution in [1.82, 2.24) is 4.57 Å². The molecule has 0 radical (unpaired) electrons. The molecule has 0 amide bonds. The van der Waals surface area contributed by atoms with Gasteiger partial charge in [-0.05, 0) is 15.9 Å². The van der Waals surface area contributed by atoms with Crippen LogP contribution in [0.4, 0.5) is 5.69 Å². The zero-order valence-electron chi connectivity index (χ0n) is 8.39. The predicted octanol–water partition coefficient (Wildman–Crippen LogP) is 0.843. The molecule has 0 spiro atoms. The Kier molecular flexibility index (Phi) is 3.43. The van der Waals surface area contributed by atoms with Gasteiger partial charge in [0, 0.05) is 13.1 Å². The third kappa shape index (κ3) is 1.96. The Morgan fingerprint density at radius 3 is 2.62 bits per heavy atom. The van der Waals surface area contributed by atoms with Gasteiger partial charge in [-0.25, -0.2) is 4.79 Å². The van der Waals surface area contributed by atoms with Crippen LogP contribution in [0.15, 0.2) is 15.3 Å². The largest absolute Gasteiger partial charge is 0.464 e. The predicted molar refractivity (Wildman–Crippen MR) is 57.4 cm³/mol. The summed E-state index contributed by atoms with van der Waals surface area (Å²) in [7, 11) is 2.34. The van der Waals surface area contributed by atoms with Gasteiger partial charge in [0.05, 0.1) is 16.5 Å². The molecule has 1 rings (SSSR count). The second-order valence-corrected chi connectivity index (χ2v) is 3.69. The number of ether oxygens (including phenoxy) is 1. The van der Waals surface area contributed by atoms with E-state index in [2.05, 4.69) is 20.7 Å². The Morgan fingerprint density at radius 2 is 2.19 bits per heavy atom. The van der Waals surface area contributed by atoms with Crippen molar-refractivity contribution in [1.29, 1.82) is 0 Å². The van der Waals surface area contributed by atoms with Crippen LogP contribution in [0.3, 0.4) is 0 Å². The van der Waals surface area contributed by atoms with E-state index >= 15 is 0 Å². The highest BCUT2D eigenvalue weighted by Gasteiger charge is 2.26. The molecule has 0 fully saturated rings. The lowest BCUT2D eigenvalue weighted by Gasteiger charge is -2.06. The average molecular weight is 291 g/mol. The van der Waals surface area contributed by atoms with Crippen LogP contribution in [0.2, 0.25) is 0 Å². The lowest BCUT2D eigenvalue weighted by molar-refractivity contribution is -0.385. The Morgan fingerprint density at radius 1 is 1.62 bits per heavy atom. The second-order valence-electron chi connectivity index (χ2n) is 2.84. The molecular weight excluding hydrogens is 284 g/mol. The summed E-state index contributed by atoms with van der Waals surface area (Å²) >= 11 is 2.88. The number of nitrogens with zero attached hydrogens (tertiary/aromatic N) is 2. The lowest BCUT2D eigenvalue weighted by Crippen LogP contribution is -2.25. The number of methoxy groups -OCH3 is 1. The highest BCUT2D eigenvalue weighted by atomic mass is 79.9. The van der Waals surface area contributed by atoms with Gasteiger partial charge in [-0.15, -0.1) is 0 Å². The summed E-state index contributed by atoms with van der Waals surface area (Å²) in [6, 6.07) is 0.981. The molecule has 1 aromatic heterocycles. The van der Waals surface area contributed by atoms with Gasteiger partial charge < -0.3 is 4.74 Å². The molecule has 7 nitrogen and oxygen atoms in total. The summed E-state index contributed by atoms with van der Waals surface area (Å²) in [5, 5.41) is 10.7. The van der Waals surface area contributed by atoms with Crippen LogP contribution in [0.5, 0.6) is 0 Å². The number of nitro groups is 1. The van der Waals surface area contributed by atoms with E-state index in [9.17, 15) is 19.7 Å². The lowest BCUT2D eigenvalue weighted by atomic mass is 10.3. The first-order valence-electron chi connectivity index (χ1n) is 4.02. The minimum Gasteiger partial charge on any atom is -0.464 e. The van der Waals surface area contributed by atoms with Crippen LogP contribution in [0.25, 0.3) is 0 Å². The highest BCUT2D eigenvalue weighted by Crippen LogP contribution is 2.20. The van der Waals surface area contributed by atoms with Crippen molar-refractivity contribution in [2.24, 2.45) is 7.05 Å². The molecule has 0 atom stereocenters. The fraction of sp³-hybridized carbons (Fsp3) is 0.250. The van der Waals surface area contributed by atoms with Gasteiger partial charge in [-0.2, -0.15) is 0 Å². The molecule has 0 aliphatic carbocycles. The van der Waals surface area contributed by atoms with Gasteiger partial charge in [0.25, 0.3) is 5.56 Å². The molecule has 0 aliphatic rings. The summed E-state index contributed by atoms with van der Waals surface area (Å²) in [6.45, 7) is 0. The quantitative estimate of drug-likeness (QED) is 0.457. The maximum absolute atomic E-state index is 11.5. The smallest absolute Gasteiger partial charge is 0.362 e. The van der Waals surface area contributed by atoms with Gasteiger partial charge in [0.15, 0.2) is 0 Å². The van der Waals surface area contributed by atoms with Crippen molar-refractivity contribution >= 4 is 27.6 Å². The van der Waals surface area contributed by atoms with Gasteiger partial charge in [0.2, 0.25) is 5.69 Å². The first-order valence-corrected chi connectivity index (χ1v) is 4.81. The number of aromatic nitrogens is 1. The van der Waals surface area contributed by atoms with Crippen LogP contribution < -0.4 is 5.56 Å². The molecule has 0 bridgehead atoms. The van der Waals surface area contributed by atoms with Crippen molar-refractivity contribution in [3.63, 3.8) is 0 Å². The summed E-state index contributed by atoms with van der Waals surface area (Å²) in [5.41, 5.74) is -1.42. The van der Waals surface area contributed by atoms with Crippen molar-refractivity contribution in [2.75, 3.05) is 7.11 Å². The van der Waals surface area contributed by atoms with Gasteiger partial charge in [-0.1, -0.05) is 0 Å². The fourth-order valence-corrected chi connectivity index (χ4v) is 1.64. The third-order valence-corrected chi connectivity index (χ3v) is 2.49. The van der Waals surface area contributed by atoms with Crippen molar-refractivity contribution in [3.8, 4) is 0 Å². The molecule has 0 aromatic carbocycles. The maximum Gasteiger partial charge on any atom is 0.362 e. The van der Waals surface area contributed by atoms with E-state index < -0.39 is 22.1 Å².